The van der Waals surface area contributed by atoms with Crippen LogP contribution in [0.1, 0.15) is 45.2 Å². The van der Waals surface area contributed by atoms with E-state index in [1.54, 1.807) is 6.92 Å². The predicted molar refractivity (Wildman–Crippen MR) is 96.5 cm³/mol. The molecule has 24 heavy (non-hydrogen) atoms. The summed E-state index contributed by atoms with van der Waals surface area (Å²) in [5.41, 5.74) is 1.02. The van der Waals surface area contributed by atoms with Crippen LogP contribution in [0.3, 0.4) is 0 Å². The Kier molecular flexibility index (Phi) is 5.21. The fourth-order valence-electron chi connectivity index (χ4n) is 3.77. The Morgan fingerprint density at radius 3 is 2.58 bits per heavy atom. The zero-order valence-electron chi connectivity index (χ0n) is 15.2. The smallest absolute Gasteiger partial charge is 0.227 e. The van der Waals surface area contributed by atoms with Crippen molar-refractivity contribution in [2.45, 2.75) is 52.5 Å². The molecule has 3 heterocycles. The molecule has 2 aliphatic rings. The van der Waals surface area contributed by atoms with Gasteiger partial charge in [-0.3, -0.25) is 4.79 Å². The molecule has 0 aliphatic carbocycles. The summed E-state index contributed by atoms with van der Waals surface area (Å²) < 4.78 is 0. The van der Waals surface area contributed by atoms with E-state index in [1.807, 2.05) is 11.8 Å². The summed E-state index contributed by atoms with van der Waals surface area (Å²) in [5, 5.41) is 0. The average Bonchev–Trinajstić information content (AvgIpc) is 2.61. The summed E-state index contributed by atoms with van der Waals surface area (Å²) in [5.74, 6) is 2.03. The van der Waals surface area contributed by atoms with Gasteiger partial charge in [-0.1, -0.05) is 6.92 Å². The number of amides is 1. The minimum atomic E-state index is 0.152. The van der Waals surface area contributed by atoms with Gasteiger partial charge in [0.25, 0.3) is 0 Å². The monoisotopic (exact) mass is 331 g/mol. The van der Waals surface area contributed by atoms with E-state index in [0.717, 1.165) is 56.6 Å². The van der Waals surface area contributed by atoms with Crippen molar-refractivity contribution in [2.75, 3.05) is 42.5 Å². The number of piperidine rings is 1. The largest absolute Gasteiger partial charge is 0.353 e. The van der Waals surface area contributed by atoms with E-state index < -0.39 is 0 Å². The van der Waals surface area contributed by atoms with Gasteiger partial charge in [0, 0.05) is 57.4 Å². The van der Waals surface area contributed by atoms with Crippen molar-refractivity contribution in [3.05, 3.63) is 11.8 Å². The van der Waals surface area contributed by atoms with E-state index in [4.69, 9.17) is 4.98 Å². The first kappa shape index (κ1) is 17.0. The maximum absolute atomic E-state index is 11.5. The van der Waals surface area contributed by atoms with Gasteiger partial charge in [-0.25, -0.2) is 4.98 Å². The number of carbonyl (C=O) groups is 1. The maximum atomic E-state index is 11.5. The summed E-state index contributed by atoms with van der Waals surface area (Å²) in [7, 11) is 0. The molecule has 2 fully saturated rings. The molecule has 1 unspecified atom stereocenters. The topological polar surface area (TPSA) is 52.6 Å². The third kappa shape index (κ3) is 3.62. The molecule has 1 aromatic rings. The van der Waals surface area contributed by atoms with Crippen molar-refractivity contribution < 1.29 is 4.79 Å². The van der Waals surface area contributed by atoms with E-state index in [-0.39, 0.29) is 5.91 Å². The average molecular weight is 331 g/mol. The maximum Gasteiger partial charge on any atom is 0.227 e. The quantitative estimate of drug-likeness (QED) is 0.850. The van der Waals surface area contributed by atoms with E-state index in [2.05, 4.69) is 27.8 Å². The molecule has 6 nitrogen and oxygen atoms in total. The highest BCUT2D eigenvalue weighted by molar-refractivity contribution is 5.73. The number of hydrogen-bond donors (Lipinski definition) is 0. The normalized spacial score (nSPS) is 22.0. The molecule has 0 spiro atoms. The summed E-state index contributed by atoms with van der Waals surface area (Å²) in [6, 6.07) is 2.71. The second-order valence-electron chi connectivity index (χ2n) is 6.91. The Bertz CT molecular complexity index is 583. The molecule has 132 valence electrons. The molecule has 0 N–H and O–H groups in total. The molecule has 3 rings (SSSR count). The van der Waals surface area contributed by atoms with Gasteiger partial charge >= 0.3 is 0 Å². The highest BCUT2D eigenvalue weighted by Crippen LogP contribution is 2.27. The van der Waals surface area contributed by atoms with Gasteiger partial charge in [0.2, 0.25) is 11.9 Å². The molecular weight excluding hydrogens is 302 g/mol. The highest BCUT2D eigenvalue weighted by atomic mass is 16.2. The van der Waals surface area contributed by atoms with Crippen molar-refractivity contribution >= 4 is 17.7 Å². The van der Waals surface area contributed by atoms with Crippen LogP contribution in [0.5, 0.6) is 0 Å². The Labute approximate surface area is 144 Å². The summed E-state index contributed by atoms with van der Waals surface area (Å²) in [6.07, 6.45) is 4.98. The van der Waals surface area contributed by atoms with Gasteiger partial charge in [-0.2, -0.15) is 4.98 Å². The summed E-state index contributed by atoms with van der Waals surface area (Å²) in [6.45, 7) is 10.2. The first-order valence-corrected chi connectivity index (χ1v) is 9.21. The van der Waals surface area contributed by atoms with Crippen LogP contribution in [0.2, 0.25) is 0 Å². The molecular formula is C18H29N5O. The second-order valence-corrected chi connectivity index (χ2v) is 6.91. The number of rotatable bonds is 3. The van der Waals surface area contributed by atoms with Crippen LogP contribution in [-0.4, -0.2) is 59.5 Å². The van der Waals surface area contributed by atoms with Crippen LogP contribution in [-0.2, 0) is 4.79 Å². The zero-order chi connectivity index (χ0) is 17.1. The number of hydrogen-bond acceptors (Lipinski definition) is 5. The highest BCUT2D eigenvalue weighted by Gasteiger charge is 2.25. The minimum absolute atomic E-state index is 0.152. The number of aryl methyl sites for hydroxylation is 1. The first-order valence-electron chi connectivity index (χ1n) is 9.21. The molecule has 1 atom stereocenters. The van der Waals surface area contributed by atoms with Crippen molar-refractivity contribution in [2.24, 2.45) is 0 Å². The van der Waals surface area contributed by atoms with Gasteiger partial charge < -0.3 is 14.7 Å². The SMILES string of the molecule is CCC1CCCCN1c1cc(C)nc(N2CCN(C(C)=O)CC2)n1. The van der Waals surface area contributed by atoms with E-state index >= 15 is 0 Å². The number of aromatic nitrogens is 2. The van der Waals surface area contributed by atoms with Crippen LogP contribution < -0.4 is 9.80 Å². The van der Waals surface area contributed by atoms with Gasteiger partial charge in [-0.05, 0) is 32.6 Å². The lowest BCUT2D eigenvalue weighted by Gasteiger charge is -2.38. The zero-order valence-corrected chi connectivity index (χ0v) is 15.2. The second kappa shape index (κ2) is 7.36. The van der Waals surface area contributed by atoms with Crippen molar-refractivity contribution in [3.8, 4) is 0 Å². The molecule has 2 aliphatic heterocycles. The van der Waals surface area contributed by atoms with Crippen LogP contribution in [0, 0.1) is 6.92 Å². The Morgan fingerprint density at radius 2 is 1.92 bits per heavy atom. The lowest BCUT2D eigenvalue weighted by Crippen LogP contribution is -2.48. The minimum Gasteiger partial charge on any atom is -0.353 e. The molecule has 6 heteroatoms. The molecule has 0 saturated carbocycles. The third-order valence-electron chi connectivity index (χ3n) is 5.23. The molecule has 0 aromatic carbocycles. The van der Waals surface area contributed by atoms with Crippen molar-refractivity contribution in [3.63, 3.8) is 0 Å². The fraction of sp³-hybridized carbons (Fsp3) is 0.722. The number of piperazine rings is 1. The molecule has 0 bridgehead atoms. The Morgan fingerprint density at radius 1 is 1.17 bits per heavy atom. The predicted octanol–water partition coefficient (Wildman–Crippen LogP) is 2.22. The van der Waals surface area contributed by atoms with Crippen molar-refractivity contribution in [1.29, 1.82) is 0 Å². The molecule has 0 radical (unpaired) electrons. The van der Waals surface area contributed by atoms with Crippen molar-refractivity contribution in [1.82, 2.24) is 14.9 Å². The number of carbonyl (C=O) groups excluding carboxylic acids is 1. The number of anilines is 2. The van der Waals surface area contributed by atoms with E-state index in [1.165, 1.54) is 19.3 Å². The van der Waals surface area contributed by atoms with Gasteiger partial charge in [0.15, 0.2) is 0 Å². The van der Waals surface area contributed by atoms with Crippen LogP contribution in [0.15, 0.2) is 6.07 Å². The van der Waals surface area contributed by atoms with E-state index in [9.17, 15) is 4.79 Å². The van der Waals surface area contributed by atoms with Crippen LogP contribution >= 0.6 is 0 Å². The summed E-state index contributed by atoms with van der Waals surface area (Å²) in [4.78, 5) is 27.6. The fourth-order valence-corrected chi connectivity index (χ4v) is 3.77. The van der Waals surface area contributed by atoms with Gasteiger partial charge in [0.1, 0.15) is 5.82 Å². The van der Waals surface area contributed by atoms with Gasteiger partial charge in [-0.15, -0.1) is 0 Å². The Balaban J connectivity index is 1.78. The van der Waals surface area contributed by atoms with Gasteiger partial charge in [0.05, 0.1) is 0 Å². The summed E-state index contributed by atoms with van der Waals surface area (Å²) >= 11 is 0. The standard InChI is InChI=1S/C18H29N5O/c1-4-16-7-5-6-8-23(16)17-13-14(2)19-18(20-17)22-11-9-21(10-12-22)15(3)24/h13,16H,4-12H2,1-3H3. The van der Waals surface area contributed by atoms with Crippen LogP contribution in [0.4, 0.5) is 11.8 Å². The molecule has 1 amide bonds. The number of nitrogens with zero attached hydrogens (tertiary/aromatic N) is 5. The Hall–Kier alpha value is -1.85. The lowest BCUT2D eigenvalue weighted by atomic mass is 10.00. The molecule has 2 saturated heterocycles. The first-order chi connectivity index (χ1) is 11.6. The third-order valence-corrected chi connectivity index (χ3v) is 5.23. The van der Waals surface area contributed by atoms with Crippen LogP contribution in [0.25, 0.3) is 0 Å². The molecule has 1 aromatic heterocycles. The van der Waals surface area contributed by atoms with E-state index in [0.29, 0.717) is 6.04 Å². The lowest BCUT2D eigenvalue weighted by molar-refractivity contribution is -0.129.